The molecule has 0 radical (unpaired) electrons. The van der Waals surface area contributed by atoms with Crippen molar-refractivity contribution in [2.24, 2.45) is 5.92 Å². The highest BCUT2D eigenvalue weighted by Gasteiger charge is 2.37. The molecule has 2 saturated heterocycles. The van der Waals surface area contributed by atoms with Gasteiger partial charge >= 0.3 is 5.97 Å². The molecule has 2 heterocycles. The summed E-state index contributed by atoms with van der Waals surface area (Å²) in [6.45, 7) is 3.44. The Morgan fingerprint density at radius 2 is 1.75 bits per heavy atom. The number of esters is 1. The van der Waals surface area contributed by atoms with Crippen LogP contribution >= 0.6 is 0 Å². The third-order valence-electron chi connectivity index (χ3n) is 5.61. The van der Waals surface area contributed by atoms with E-state index in [2.05, 4.69) is 10.6 Å². The van der Waals surface area contributed by atoms with E-state index in [4.69, 9.17) is 18.9 Å². The summed E-state index contributed by atoms with van der Waals surface area (Å²) in [6.07, 6.45) is 0.248. The molecule has 1 aromatic rings. The second kappa shape index (κ2) is 11.8. The van der Waals surface area contributed by atoms with Gasteiger partial charge in [-0.2, -0.15) is 0 Å². The van der Waals surface area contributed by atoms with Gasteiger partial charge in [0.1, 0.15) is 17.8 Å². The van der Waals surface area contributed by atoms with Crippen LogP contribution in [-0.4, -0.2) is 95.0 Å². The lowest BCUT2D eigenvalue weighted by Crippen LogP contribution is -2.60. The van der Waals surface area contributed by atoms with Gasteiger partial charge in [-0.15, -0.1) is 0 Å². The van der Waals surface area contributed by atoms with E-state index in [0.29, 0.717) is 45.3 Å². The number of nitrogens with one attached hydrogen (secondary N) is 2. The number of benzene rings is 1. The minimum absolute atomic E-state index is 0.150. The first-order chi connectivity index (χ1) is 15.5. The molecule has 2 aliphatic heterocycles. The molecule has 0 aliphatic carbocycles. The van der Waals surface area contributed by atoms with E-state index in [9.17, 15) is 14.4 Å². The first-order valence-corrected chi connectivity index (χ1v) is 10.7. The Hall–Kier alpha value is -2.69. The minimum Gasteiger partial charge on any atom is -0.497 e. The summed E-state index contributed by atoms with van der Waals surface area (Å²) in [7, 11) is 2.85. The summed E-state index contributed by atoms with van der Waals surface area (Å²) in [5.74, 6) is -0.693. The van der Waals surface area contributed by atoms with E-state index in [1.165, 1.54) is 7.11 Å². The van der Waals surface area contributed by atoms with E-state index < -0.39 is 24.0 Å². The predicted molar refractivity (Wildman–Crippen MR) is 114 cm³/mol. The smallest absolute Gasteiger partial charge is 0.328 e. The van der Waals surface area contributed by atoms with Crippen LogP contribution in [0.2, 0.25) is 0 Å². The van der Waals surface area contributed by atoms with Crippen LogP contribution in [0, 0.1) is 5.92 Å². The van der Waals surface area contributed by atoms with Gasteiger partial charge in [0.25, 0.3) is 0 Å². The van der Waals surface area contributed by atoms with Crippen molar-refractivity contribution in [2.45, 2.75) is 18.5 Å². The number of ether oxygens (including phenoxy) is 4. The number of amides is 2. The van der Waals surface area contributed by atoms with Crippen LogP contribution in [0.3, 0.4) is 0 Å². The number of carbonyl (C=O) groups is 3. The second-order valence-electron chi connectivity index (χ2n) is 7.87. The van der Waals surface area contributed by atoms with Gasteiger partial charge in [-0.05, 0) is 17.7 Å². The van der Waals surface area contributed by atoms with Crippen LogP contribution in [0.25, 0.3) is 0 Å². The molecule has 2 fully saturated rings. The number of nitrogens with zero attached hydrogens (tertiary/aromatic N) is 1. The molecule has 1 aromatic carbocycles. The van der Waals surface area contributed by atoms with E-state index in [0.717, 1.165) is 5.56 Å². The Kier molecular flexibility index (Phi) is 8.83. The minimum atomic E-state index is -0.888. The van der Waals surface area contributed by atoms with Crippen LogP contribution in [0.15, 0.2) is 24.3 Å². The number of carbonyl (C=O) groups excluding carboxylic acids is 3. The van der Waals surface area contributed by atoms with Crippen LogP contribution < -0.4 is 15.4 Å². The number of hydrogen-bond acceptors (Lipinski definition) is 8. The Bertz CT molecular complexity index is 776. The Labute approximate surface area is 187 Å². The van der Waals surface area contributed by atoms with Crippen LogP contribution in [0.1, 0.15) is 5.56 Å². The van der Waals surface area contributed by atoms with Gasteiger partial charge in [-0.1, -0.05) is 12.1 Å². The topological polar surface area (TPSA) is 115 Å². The van der Waals surface area contributed by atoms with Gasteiger partial charge in [0.05, 0.1) is 47.2 Å². The van der Waals surface area contributed by atoms with Crippen molar-refractivity contribution in [1.29, 1.82) is 0 Å². The molecule has 2 aliphatic rings. The highest BCUT2D eigenvalue weighted by atomic mass is 16.5. The molecule has 2 N–H and O–H groups in total. The van der Waals surface area contributed by atoms with Crippen molar-refractivity contribution >= 4 is 17.8 Å². The Morgan fingerprint density at radius 3 is 2.31 bits per heavy atom. The molecular weight excluding hydrogens is 418 g/mol. The highest BCUT2D eigenvalue weighted by Crippen LogP contribution is 2.17. The molecule has 32 heavy (non-hydrogen) atoms. The molecule has 2 atom stereocenters. The average molecular weight is 450 g/mol. The molecule has 10 heteroatoms. The zero-order valence-corrected chi connectivity index (χ0v) is 18.5. The van der Waals surface area contributed by atoms with E-state index >= 15 is 0 Å². The number of methoxy groups -OCH3 is 2. The third kappa shape index (κ3) is 6.65. The maximum absolute atomic E-state index is 13.1. The number of rotatable bonds is 10. The first kappa shape index (κ1) is 24.0. The van der Waals surface area contributed by atoms with Crippen molar-refractivity contribution in [3.8, 4) is 5.75 Å². The molecular formula is C22H31N3O7. The molecule has 2 amide bonds. The predicted octanol–water partition coefficient (Wildman–Crippen LogP) is -0.641. The molecule has 0 spiro atoms. The molecule has 0 unspecified atom stereocenters. The van der Waals surface area contributed by atoms with Crippen molar-refractivity contribution in [3.63, 3.8) is 0 Å². The van der Waals surface area contributed by atoms with Gasteiger partial charge in [-0.3, -0.25) is 14.5 Å². The van der Waals surface area contributed by atoms with Gasteiger partial charge in [-0.25, -0.2) is 4.79 Å². The van der Waals surface area contributed by atoms with Crippen molar-refractivity contribution in [2.75, 3.05) is 60.3 Å². The molecule has 10 nitrogen and oxygen atoms in total. The lowest BCUT2D eigenvalue weighted by Gasteiger charge is -2.34. The standard InChI is InChI=1S/C22H31N3O7/c1-29-17-5-3-15(4-6-17)11-18(22(28)30-2)23-21(27)20(16-13-32-14-16)24-19(26)12-25-7-9-31-10-8-25/h3-6,16,18,20H,7-14H2,1-2H3,(H,23,27)(H,24,26)/t18-,20-/m0/s1. The summed E-state index contributed by atoms with van der Waals surface area (Å²) < 4.78 is 20.6. The molecule has 0 saturated carbocycles. The lowest BCUT2D eigenvalue weighted by molar-refractivity contribution is -0.146. The van der Waals surface area contributed by atoms with E-state index in [1.807, 2.05) is 17.0 Å². The molecule has 3 rings (SSSR count). The average Bonchev–Trinajstić information content (AvgIpc) is 2.77. The summed E-state index contributed by atoms with van der Waals surface area (Å²) in [6, 6.07) is 5.53. The zero-order chi connectivity index (χ0) is 22.9. The van der Waals surface area contributed by atoms with Crippen LogP contribution in [-0.2, 0) is 35.0 Å². The fourth-order valence-electron chi connectivity index (χ4n) is 3.62. The summed E-state index contributed by atoms with van der Waals surface area (Å²) in [4.78, 5) is 40.0. The van der Waals surface area contributed by atoms with Gasteiger partial charge < -0.3 is 29.6 Å². The van der Waals surface area contributed by atoms with Crippen molar-refractivity contribution < 1.29 is 33.3 Å². The second-order valence-corrected chi connectivity index (χ2v) is 7.87. The van der Waals surface area contributed by atoms with Gasteiger partial charge in [0.2, 0.25) is 11.8 Å². The Balaban J connectivity index is 1.63. The van der Waals surface area contributed by atoms with Crippen molar-refractivity contribution in [3.05, 3.63) is 29.8 Å². The monoisotopic (exact) mass is 449 g/mol. The van der Waals surface area contributed by atoms with Gasteiger partial charge in [0.15, 0.2) is 0 Å². The maximum Gasteiger partial charge on any atom is 0.328 e. The normalized spacial score (nSPS) is 18.7. The molecule has 0 bridgehead atoms. The molecule has 0 aromatic heterocycles. The van der Waals surface area contributed by atoms with E-state index in [-0.39, 0.29) is 24.8 Å². The maximum atomic E-state index is 13.1. The number of hydrogen-bond donors (Lipinski definition) is 2. The fraction of sp³-hybridized carbons (Fsp3) is 0.591. The third-order valence-corrected chi connectivity index (χ3v) is 5.61. The van der Waals surface area contributed by atoms with Crippen LogP contribution in [0.4, 0.5) is 0 Å². The lowest BCUT2D eigenvalue weighted by atomic mass is 9.96. The van der Waals surface area contributed by atoms with Crippen molar-refractivity contribution in [1.82, 2.24) is 15.5 Å². The van der Waals surface area contributed by atoms with Gasteiger partial charge in [0, 0.05) is 25.4 Å². The summed E-state index contributed by atoms with van der Waals surface area (Å²) in [5, 5.41) is 5.58. The zero-order valence-electron chi connectivity index (χ0n) is 18.5. The largest absolute Gasteiger partial charge is 0.497 e. The fourth-order valence-corrected chi connectivity index (χ4v) is 3.62. The van der Waals surface area contributed by atoms with Crippen LogP contribution in [0.5, 0.6) is 5.75 Å². The number of morpholine rings is 1. The summed E-state index contributed by atoms with van der Waals surface area (Å²) >= 11 is 0. The first-order valence-electron chi connectivity index (χ1n) is 10.7. The Morgan fingerprint density at radius 1 is 1.06 bits per heavy atom. The van der Waals surface area contributed by atoms with E-state index in [1.54, 1.807) is 19.2 Å². The SMILES string of the molecule is COC(=O)[C@H](Cc1ccc(OC)cc1)NC(=O)[C@@H](NC(=O)CN1CCOCC1)C1COC1. The summed E-state index contributed by atoms with van der Waals surface area (Å²) in [5.41, 5.74) is 0.835. The molecule has 176 valence electrons. The highest BCUT2D eigenvalue weighted by molar-refractivity contribution is 5.91. The quantitative estimate of drug-likeness (QED) is 0.453.